The lowest BCUT2D eigenvalue weighted by Gasteiger charge is -2.26. The van der Waals surface area contributed by atoms with Crippen LogP contribution >= 0.6 is 15.9 Å². The number of halogens is 2. The third-order valence-electron chi connectivity index (χ3n) is 4.64. The molecule has 2 aromatic carbocycles. The number of anilines is 1. The Hall–Kier alpha value is -3.20. The quantitative estimate of drug-likeness (QED) is 0.477. The lowest BCUT2D eigenvalue weighted by atomic mass is 10.1. The highest BCUT2D eigenvalue weighted by Gasteiger charge is 2.36. The van der Waals surface area contributed by atoms with Gasteiger partial charge in [-0.25, -0.2) is 14.1 Å². The van der Waals surface area contributed by atoms with Crippen LogP contribution in [0, 0.1) is 5.82 Å². The second-order valence-electron chi connectivity index (χ2n) is 6.81. The van der Waals surface area contributed by atoms with Gasteiger partial charge < -0.3 is 9.47 Å². The molecule has 1 aliphatic rings. The number of barbiturate groups is 1. The lowest BCUT2D eigenvalue weighted by molar-refractivity contribution is -0.122. The van der Waals surface area contributed by atoms with Crippen LogP contribution in [0.25, 0.3) is 6.08 Å². The van der Waals surface area contributed by atoms with Gasteiger partial charge in [0.05, 0.1) is 23.4 Å². The second kappa shape index (κ2) is 9.30. The predicted octanol–water partition coefficient (Wildman–Crippen LogP) is 4.44. The van der Waals surface area contributed by atoms with E-state index in [1.54, 1.807) is 12.1 Å². The fraction of sp³-hybridized carbons (Fsp3) is 0.227. The number of imide groups is 2. The molecule has 9 heteroatoms. The zero-order valence-electron chi connectivity index (χ0n) is 17.1. The van der Waals surface area contributed by atoms with E-state index in [1.807, 2.05) is 13.8 Å². The van der Waals surface area contributed by atoms with Gasteiger partial charge >= 0.3 is 6.03 Å². The average Bonchev–Trinajstić information content (AvgIpc) is 2.73. The summed E-state index contributed by atoms with van der Waals surface area (Å²) in [5.41, 5.74) is 0.360. The van der Waals surface area contributed by atoms with Crippen molar-refractivity contribution < 1.29 is 28.2 Å². The second-order valence-corrected chi connectivity index (χ2v) is 7.66. The number of urea groups is 1. The molecular formula is C22H20BrFN2O5. The number of benzene rings is 2. The number of carbonyl (C=O) groups excluding carboxylic acids is 3. The summed E-state index contributed by atoms with van der Waals surface area (Å²) >= 11 is 3.44. The van der Waals surface area contributed by atoms with E-state index in [-0.39, 0.29) is 17.4 Å². The average molecular weight is 491 g/mol. The Morgan fingerprint density at radius 2 is 1.87 bits per heavy atom. The number of methoxy groups -OCH3 is 1. The number of carbonyl (C=O) groups is 3. The van der Waals surface area contributed by atoms with Crippen LogP contribution < -0.4 is 19.7 Å². The highest BCUT2D eigenvalue weighted by atomic mass is 79.9. The predicted molar refractivity (Wildman–Crippen MR) is 116 cm³/mol. The van der Waals surface area contributed by atoms with Gasteiger partial charge in [0.15, 0.2) is 11.5 Å². The summed E-state index contributed by atoms with van der Waals surface area (Å²) in [6, 6.07) is 7.18. The Bertz CT molecular complexity index is 1070. The first kappa shape index (κ1) is 22.5. The first-order valence-electron chi connectivity index (χ1n) is 9.46. The number of amides is 4. The summed E-state index contributed by atoms with van der Waals surface area (Å²) in [6.45, 7) is 3.92. The van der Waals surface area contributed by atoms with Crippen LogP contribution in [-0.2, 0) is 9.59 Å². The van der Waals surface area contributed by atoms with Gasteiger partial charge in [-0.15, -0.1) is 0 Å². The molecule has 162 valence electrons. The van der Waals surface area contributed by atoms with E-state index in [9.17, 15) is 18.8 Å². The Kier molecular flexibility index (Phi) is 6.74. The first-order chi connectivity index (χ1) is 14.7. The minimum atomic E-state index is -0.908. The van der Waals surface area contributed by atoms with E-state index in [2.05, 4.69) is 21.2 Å². The fourth-order valence-electron chi connectivity index (χ4n) is 2.87. The van der Waals surface area contributed by atoms with E-state index in [1.165, 1.54) is 25.3 Å². The van der Waals surface area contributed by atoms with Crippen molar-refractivity contribution in [3.8, 4) is 11.5 Å². The van der Waals surface area contributed by atoms with Gasteiger partial charge in [-0.2, -0.15) is 0 Å². The molecule has 1 atom stereocenters. The molecule has 4 amide bonds. The van der Waals surface area contributed by atoms with Gasteiger partial charge in [0, 0.05) is 0 Å². The monoisotopic (exact) mass is 490 g/mol. The van der Waals surface area contributed by atoms with E-state index < -0.39 is 23.7 Å². The van der Waals surface area contributed by atoms with Gasteiger partial charge in [0.1, 0.15) is 11.4 Å². The fourth-order valence-corrected chi connectivity index (χ4v) is 3.42. The van der Waals surface area contributed by atoms with E-state index >= 15 is 0 Å². The van der Waals surface area contributed by atoms with Crippen LogP contribution in [0.3, 0.4) is 0 Å². The number of rotatable bonds is 6. The number of hydrogen-bond donors (Lipinski definition) is 1. The van der Waals surface area contributed by atoms with Gasteiger partial charge in [-0.05, 0) is 77.3 Å². The molecule has 0 radical (unpaired) electrons. The standard InChI is InChI=1S/C22H20BrFN2O5/c1-4-12(2)31-19-17(23)10-13(11-18(19)30-3)9-16-20(27)25-22(29)26(21(16)28)15-7-5-14(24)6-8-15/h5-12H,4H2,1-3H3,(H,25,27,29)/b16-9+/t12-/m1/s1. The molecule has 0 bridgehead atoms. The van der Waals surface area contributed by atoms with Crippen molar-refractivity contribution >= 4 is 45.5 Å². The third kappa shape index (κ3) is 4.77. The van der Waals surface area contributed by atoms with E-state index in [0.717, 1.165) is 23.5 Å². The molecule has 0 aliphatic carbocycles. The summed E-state index contributed by atoms with van der Waals surface area (Å²) in [4.78, 5) is 38.3. The lowest BCUT2D eigenvalue weighted by Crippen LogP contribution is -2.54. The summed E-state index contributed by atoms with van der Waals surface area (Å²) in [5, 5.41) is 2.13. The number of ether oxygens (including phenoxy) is 2. The highest BCUT2D eigenvalue weighted by molar-refractivity contribution is 9.10. The molecule has 1 N–H and O–H groups in total. The summed E-state index contributed by atoms with van der Waals surface area (Å²) in [7, 11) is 1.48. The van der Waals surface area contributed by atoms with Crippen LogP contribution in [0.15, 0.2) is 46.4 Å². The molecule has 31 heavy (non-hydrogen) atoms. The largest absolute Gasteiger partial charge is 0.493 e. The van der Waals surface area contributed by atoms with Crippen LogP contribution in [0.4, 0.5) is 14.9 Å². The summed E-state index contributed by atoms with van der Waals surface area (Å²) in [5.74, 6) is -1.26. The highest BCUT2D eigenvalue weighted by Crippen LogP contribution is 2.38. The molecule has 1 aliphatic heterocycles. The molecule has 7 nitrogen and oxygen atoms in total. The van der Waals surface area contributed by atoms with Crippen LogP contribution in [0.5, 0.6) is 11.5 Å². The zero-order valence-corrected chi connectivity index (χ0v) is 18.7. The van der Waals surface area contributed by atoms with Crippen molar-refractivity contribution in [2.24, 2.45) is 0 Å². The molecule has 0 saturated carbocycles. The van der Waals surface area contributed by atoms with Gasteiger partial charge in [0.2, 0.25) is 0 Å². The van der Waals surface area contributed by atoms with Gasteiger partial charge in [-0.3, -0.25) is 14.9 Å². The maximum atomic E-state index is 13.2. The SMILES string of the molecule is CC[C@@H](C)Oc1c(Br)cc(/C=C2\C(=O)NC(=O)N(c3ccc(F)cc3)C2=O)cc1OC. The minimum absolute atomic E-state index is 0.0459. The van der Waals surface area contributed by atoms with Crippen molar-refractivity contribution in [2.45, 2.75) is 26.4 Å². The summed E-state index contributed by atoms with van der Waals surface area (Å²) in [6.07, 6.45) is 2.10. The third-order valence-corrected chi connectivity index (χ3v) is 5.23. The van der Waals surface area contributed by atoms with Crippen molar-refractivity contribution in [2.75, 3.05) is 12.0 Å². The summed E-state index contributed by atoms with van der Waals surface area (Å²) < 4.78 is 25.1. The molecule has 1 saturated heterocycles. The topological polar surface area (TPSA) is 84.9 Å². The smallest absolute Gasteiger partial charge is 0.335 e. The molecule has 0 aromatic heterocycles. The van der Waals surface area contributed by atoms with Crippen LogP contribution in [-0.4, -0.2) is 31.1 Å². The molecule has 0 unspecified atom stereocenters. The number of nitrogens with zero attached hydrogens (tertiary/aromatic N) is 1. The van der Waals surface area contributed by atoms with Crippen molar-refractivity contribution in [3.63, 3.8) is 0 Å². The maximum absolute atomic E-state index is 13.2. The van der Waals surface area contributed by atoms with Gasteiger partial charge in [-0.1, -0.05) is 6.92 Å². The number of nitrogens with one attached hydrogen (secondary N) is 1. The molecular weight excluding hydrogens is 471 g/mol. The first-order valence-corrected chi connectivity index (χ1v) is 10.3. The van der Waals surface area contributed by atoms with Crippen LogP contribution in [0.2, 0.25) is 0 Å². The van der Waals surface area contributed by atoms with Gasteiger partial charge in [0.25, 0.3) is 11.8 Å². The molecule has 1 fully saturated rings. The molecule has 2 aromatic rings. The van der Waals surface area contributed by atoms with Crippen molar-refractivity contribution in [1.82, 2.24) is 5.32 Å². The number of hydrogen-bond acceptors (Lipinski definition) is 5. The Labute approximate surface area is 186 Å². The normalized spacial score (nSPS) is 16.4. The maximum Gasteiger partial charge on any atom is 0.335 e. The Morgan fingerprint density at radius 3 is 2.48 bits per heavy atom. The minimum Gasteiger partial charge on any atom is -0.493 e. The zero-order chi connectivity index (χ0) is 22.7. The van der Waals surface area contributed by atoms with Crippen LogP contribution in [0.1, 0.15) is 25.8 Å². The molecule has 1 heterocycles. The molecule has 3 rings (SSSR count). The Morgan fingerprint density at radius 1 is 1.19 bits per heavy atom. The molecule has 0 spiro atoms. The van der Waals surface area contributed by atoms with E-state index in [0.29, 0.717) is 21.5 Å². The van der Waals surface area contributed by atoms with Crippen molar-refractivity contribution in [3.05, 3.63) is 57.8 Å². The van der Waals surface area contributed by atoms with E-state index in [4.69, 9.17) is 9.47 Å². The Balaban J connectivity index is 2.00. The van der Waals surface area contributed by atoms with Crippen molar-refractivity contribution in [1.29, 1.82) is 0 Å².